The molecule has 0 unspecified atom stereocenters. The van der Waals surface area contributed by atoms with E-state index in [1.807, 2.05) is 0 Å². The molecular formula is C9H8Br2O3. The fraction of sp³-hybridized carbons (Fsp3) is 0.222. The van der Waals surface area contributed by atoms with E-state index in [0.29, 0.717) is 20.3 Å². The van der Waals surface area contributed by atoms with Crippen LogP contribution >= 0.6 is 31.9 Å². The van der Waals surface area contributed by atoms with Crippen molar-refractivity contribution in [2.24, 2.45) is 0 Å². The highest BCUT2D eigenvalue weighted by molar-refractivity contribution is 9.11. The molecular weight excluding hydrogens is 316 g/mol. The highest BCUT2D eigenvalue weighted by Crippen LogP contribution is 2.31. The molecule has 0 aromatic heterocycles. The summed E-state index contributed by atoms with van der Waals surface area (Å²) in [5, 5.41) is 0. The zero-order valence-corrected chi connectivity index (χ0v) is 10.8. The summed E-state index contributed by atoms with van der Waals surface area (Å²) in [6.45, 7) is 0. The maximum atomic E-state index is 11.3. The van der Waals surface area contributed by atoms with Crippen molar-refractivity contribution >= 4 is 37.8 Å². The Morgan fingerprint density at radius 3 is 2.36 bits per heavy atom. The van der Waals surface area contributed by atoms with Gasteiger partial charge in [0.2, 0.25) is 0 Å². The lowest BCUT2D eigenvalue weighted by Crippen LogP contribution is -2.02. The van der Waals surface area contributed by atoms with E-state index in [2.05, 4.69) is 36.6 Å². The van der Waals surface area contributed by atoms with Crippen LogP contribution < -0.4 is 4.74 Å². The van der Waals surface area contributed by atoms with Crippen molar-refractivity contribution in [2.45, 2.75) is 0 Å². The Morgan fingerprint density at radius 2 is 1.86 bits per heavy atom. The average molecular weight is 324 g/mol. The normalized spacial score (nSPS) is 9.71. The van der Waals surface area contributed by atoms with Gasteiger partial charge in [0.25, 0.3) is 0 Å². The van der Waals surface area contributed by atoms with Crippen LogP contribution in [0.3, 0.4) is 0 Å². The van der Waals surface area contributed by atoms with E-state index in [1.165, 1.54) is 7.11 Å². The molecule has 1 aromatic carbocycles. The molecule has 14 heavy (non-hydrogen) atoms. The first-order chi connectivity index (χ1) is 6.60. The van der Waals surface area contributed by atoms with Crippen molar-refractivity contribution < 1.29 is 14.3 Å². The molecule has 5 heteroatoms. The molecule has 0 radical (unpaired) electrons. The number of methoxy groups -OCH3 is 2. The number of hydrogen-bond donors (Lipinski definition) is 0. The van der Waals surface area contributed by atoms with Gasteiger partial charge < -0.3 is 9.47 Å². The van der Waals surface area contributed by atoms with Gasteiger partial charge in [0.1, 0.15) is 5.75 Å². The molecule has 0 atom stereocenters. The van der Waals surface area contributed by atoms with Gasteiger partial charge in [0.15, 0.2) is 0 Å². The van der Waals surface area contributed by atoms with Gasteiger partial charge in [-0.05, 0) is 44.0 Å². The van der Waals surface area contributed by atoms with E-state index in [9.17, 15) is 4.79 Å². The smallest absolute Gasteiger partial charge is 0.339 e. The minimum atomic E-state index is -0.389. The molecule has 0 saturated heterocycles. The van der Waals surface area contributed by atoms with Crippen molar-refractivity contribution in [2.75, 3.05) is 14.2 Å². The molecule has 0 aliphatic rings. The number of hydrogen-bond acceptors (Lipinski definition) is 3. The minimum absolute atomic E-state index is 0.389. The quantitative estimate of drug-likeness (QED) is 0.785. The van der Waals surface area contributed by atoms with E-state index >= 15 is 0 Å². The molecule has 1 aromatic rings. The third-order valence-electron chi connectivity index (χ3n) is 1.65. The maximum absolute atomic E-state index is 11.3. The Bertz CT molecular complexity index is 363. The van der Waals surface area contributed by atoms with Crippen LogP contribution in [0.4, 0.5) is 0 Å². The SMILES string of the molecule is COC(=O)c1cc(Br)c(OC)cc1Br. The summed E-state index contributed by atoms with van der Waals surface area (Å²) in [5.74, 6) is 0.268. The van der Waals surface area contributed by atoms with Crippen LogP contribution in [0.15, 0.2) is 21.1 Å². The summed E-state index contributed by atoms with van der Waals surface area (Å²) in [5.41, 5.74) is 0.458. The number of ether oxygens (including phenoxy) is 2. The van der Waals surface area contributed by atoms with Crippen LogP contribution in [-0.4, -0.2) is 20.2 Å². The standard InChI is InChI=1S/C9H8Br2O3/c1-13-8-4-6(10)5(3-7(8)11)9(12)14-2/h3-4H,1-2H3. The van der Waals surface area contributed by atoms with Gasteiger partial charge in [-0.2, -0.15) is 0 Å². The fourth-order valence-corrected chi connectivity index (χ4v) is 1.94. The highest BCUT2D eigenvalue weighted by Gasteiger charge is 2.13. The monoisotopic (exact) mass is 322 g/mol. The van der Waals surface area contributed by atoms with Crippen LogP contribution in [-0.2, 0) is 4.74 Å². The third-order valence-corrected chi connectivity index (χ3v) is 2.92. The predicted octanol–water partition coefficient (Wildman–Crippen LogP) is 3.01. The first-order valence-electron chi connectivity index (χ1n) is 3.71. The molecule has 0 amide bonds. The molecule has 0 aliphatic carbocycles. The lowest BCUT2D eigenvalue weighted by Gasteiger charge is -2.07. The van der Waals surface area contributed by atoms with Gasteiger partial charge in [-0.15, -0.1) is 0 Å². The van der Waals surface area contributed by atoms with Crippen molar-refractivity contribution in [3.05, 3.63) is 26.6 Å². The van der Waals surface area contributed by atoms with Crippen molar-refractivity contribution in [1.82, 2.24) is 0 Å². The van der Waals surface area contributed by atoms with Crippen molar-refractivity contribution in [3.8, 4) is 5.75 Å². The average Bonchev–Trinajstić information content (AvgIpc) is 2.19. The maximum Gasteiger partial charge on any atom is 0.339 e. The summed E-state index contributed by atoms with van der Waals surface area (Å²) in [6.07, 6.45) is 0. The van der Waals surface area contributed by atoms with Crippen LogP contribution in [0.5, 0.6) is 5.75 Å². The zero-order chi connectivity index (χ0) is 10.7. The molecule has 0 heterocycles. The molecule has 0 fully saturated rings. The molecule has 3 nitrogen and oxygen atoms in total. The van der Waals surface area contributed by atoms with Crippen LogP contribution in [0.25, 0.3) is 0 Å². The topological polar surface area (TPSA) is 35.5 Å². The molecule has 1 rings (SSSR count). The molecule has 0 aliphatic heterocycles. The molecule has 0 spiro atoms. The summed E-state index contributed by atoms with van der Waals surface area (Å²) < 4.78 is 11.0. The zero-order valence-electron chi connectivity index (χ0n) is 7.64. The van der Waals surface area contributed by atoms with Gasteiger partial charge in [-0.3, -0.25) is 0 Å². The number of rotatable bonds is 2. The summed E-state index contributed by atoms with van der Waals surface area (Å²) in [6, 6.07) is 3.35. The molecule has 0 saturated carbocycles. The number of halogens is 2. The first-order valence-corrected chi connectivity index (χ1v) is 5.30. The third kappa shape index (κ3) is 2.27. The van der Waals surface area contributed by atoms with Crippen molar-refractivity contribution in [1.29, 1.82) is 0 Å². The first kappa shape index (κ1) is 11.5. The Kier molecular flexibility index (Phi) is 3.95. The number of carbonyl (C=O) groups excluding carboxylic acids is 1. The van der Waals surface area contributed by atoms with E-state index in [-0.39, 0.29) is 5.97 Å². The fourth-order valence-electron chi connectivity index (χ4n) is 0.951. The summed E-state index contributed by atoms with van der Waals surface area (Å²) in [4.78, 5) is 11.3. The van der Waals surface area contributed by atoms with Crippen LogP contribution in [0.1, 0.15) is 10.4 Å². The Morgan fingerprint density at radius 1 is 1.21 bits per heavy atom. The highest BCUT2D eigenvalue weighted by atomic mass is 79.9. The van der Waals surface area contributed by atoms with Gasteiger partial charge >= 0.3 is 5.97 Å². The Balaban J connectivity index is 3.21. The summed E-state index contributed by atoms with van der Waals surface area (Å²) in [7, 11) is 2.90. The number of carbonyl (C=O) groups is 1. The van der Waals surface area contributed by atoms with Gasteiger partial charge in [0.05, 0.1) is 24.3 Å². The van der Waals surface area contributed by atoms with E-state index in [4.69, 9.17) is 4.74 Å². The van der Waals surface area contributed by atoms with Crippen LogP contribution in [0, 0.1) is 0 Å². The molecule has 76 valence electrons. The predicted molar refractivity (Wildman–Crippen MR) is 59.7 cm³/mol. The van der Waals surface area contributed by atoms with E-state index in [1.54, 1.807) is 19.2 Å². The van der Waals surface area contributed by atoms with Gasteiger partial charge in [0, 0.05) is 4.47 Å². The Labute approximate surface area is 98.6 Å². The second kappa shape index (κ2) is 4.79. The largest absolute Gasteiger partial charge is 0.496 e. The number of benzene rings is 1. The molecule has 0 N–H and O–H groups in total. The Hall–Kier alpha value is -0.550. The number of esters is 1. The lowest BCUT2D eigenvalue weighted by atomic mass is 10.2. The summed E-state index contributed by atoms with van der Waals surface area (Å²) >= 11 is 6.55. The van der Waals surface area contributed by atoms with E-state index < -0.39 is 0 Å². The molecule has 0 bridgehead atoms. The van der Waals surface area contributed by atoms with Crippen LogP contribution in [0.2, 0.25) is 0 Å². The van der Waals surface area contributed by atoms with Gasteiger partial charge in [-0.1, -0.05) is 0 Å². The second-order valence-corrected chi connectivity index (χ2v) is 4.17. The van der Waals surface area contributed by atoms with Crippen molar-refractivity contribution in [3.63, 3.8) is 0 Å². The lowest BCUT2D eigenvalue weighted by molar-refractivity contribution is 0.0599. The van der Waals surface area contributed by atoms with E-state index in [0.717, 1.165) is 0 Å². The van der Waals surface area contributed by atoms with Gasteiger partial charge in [-0.25, -0.2) is 4.79 Å². The minimum Gasteiger partial charge on any atom is -0.496 e. The second-order valence-electron chi connectivity index (χ2n) is 2.46.